The second kappa shape index (κ2) is 12.0. The lowest BCUT2D eigenvalue weighted by atomic mass is 10.0. The maximum absolute atomic E-state index is 9.94. The Morgan fingerprint density at radius 2 is 0.944 bits per heavy atom. The Hall–Kier alpha value is -4.12. The van der Waals surface area contributed by atoms with E-state index in [9.17, 15) is 5.11 Å². The van der Waals surface area contributed by atoms with Gasteiger partial charge >= 0.3 is 0 Å². The van der Waals surface area contributed by atoms with Crippen LogP contribution in [0.2, 0.25) is 0 Å². The molecule has 0 saturated heterocycles. The molecule has 0 aromatic heterocycles. The zero-order chi connectivity index (χ0) is 25.3. The van der Waals surface area contributed by atoms with Gasteiger partial charge in [0.05, 0.1) is 21.3 Å². The van der Waals surface area contributed by atoms with Crippen LogP contribution in [0.15, 0.2) is 84.9 Å². The van der Waals surface area contributed by atoms with Crippen LogP contribution in [0.5, 0.6) is 34.5 Å². The summed E-state index contributed by atoms with van der Waals surface area (Å²) in [6.07, 6.45) is 3.34. The number of hydrogen-bond acceptors (Lipinski definition) is 5. The first kappa shape index (κ1) is 25.0. The second-order valence-corrected chi connectivity index (χ2v) is 8.66. The highest BCUT2D eigenvalue weighted by Crippen LogP contribution is 2.30. The monoisotopic (exact) mass is 484 g/mol. The first-order valence-electron chi connectivity index (χ1n) is 12.0. The molecule has 0 aliphatic rings. The summed E-state index contributed by atoms with van der Waals surface area (Å²) in [4.78, 5) is 0. The van der Waals surface area contributed by atoms with Crippen LogP contribution < -0.4 is 18.9 Å². The number of ether oxygens (including phenoxy) is 4. The van der Waals surface area contributed by atoms with Crippen molar-refractivity contribution >= 4 is 0 Å². The number of rotatable bonds is 11. The number of hydrogen-bond donors (Lipinski definition) is 1. The van der Waals surface area contributed by atoms with Gasteiger partial charge in [-0.05, 0) is 96.5 Å². The zero-order valence-corrected chi connectivity index (χ0v) is 21.0. The van der Waals surface area contributed by atoms with E-state index in [4.69, 9.17) is 18.9 Å². The van der Waals surface area contributed by atoms with Crippen molar-refractivity contribution in [3.8, 4) is 34.5 Å². The van der Waals surface area contributed by atoms with Gasteiger partial charge in [-0.15, -0.1) is 0 Å². The van der Waals surface area contributed by atoms with Crippen LogP contribution in [0.3, 0.4) is 0 Å². The third-order valence-electron chi connectivity index (χ3n) is 6.04. The van der Waals surface area contributed by atoms with Gasteiger partial charge in [-0.3, -0.25) is 0 Å². The molecule has 0 aliphatic heterocycles. The first-order valence-corrected chi connectivity index (χ1v) is 12.0. The molecular formula is C31H32O5. The molecule has 4 aromatic rings. The number of benzene rings is 4. The van der Waals surface area contributed by atoms with Gasteiger partial charge in [0.25, 0.3) is 0 Å². The van der Waals surface area contributed by atoms with Gasteiger partial charge in [0, 0.05) is 12.1 Å². The van der Waals surface area contributed by atoms with E-state index in [-0.39, 0.29) is 5.75 Å². The van der Waals surface area contributed by atoms with Crippen LogP contribution in [0.4, 0.5) is 0 Å². The third kappa shape index (κ3) is 6.95. The Morgan fingerprint density at radius 3 is 1.58 bits per heavy atom. The van der Waals surface area contributed by atoms with Gasteiger partial charge < -0.3 is 24.1 Å². The lowest BCUT2D eigenvalue weighted by Crippen LogP contribution is -1.96. The molecule has 0 aliphatic carbocycles. The van der Waals surface area contributed by atoms with E-state index in [0.717, 1.165) is 59.8 Å². The van der Waals surface area contributed by atoms with Gasteiger partial charge in [0.1, 0.15) is 34.5 Å². The summed E-state index contributed by atoms with van der Waals surface area (Å²) in [5.41, 5.74) is 4.53. The van der Waals surface area contributed by atoms with Crippen LogP contribution >= 0.6 is 0 Å². The average Bonchev–Trinajstić information content (AvgIpc) is 2.90. The molecule has 0 fully saturated rings. The van der Waals surface area contributed by atoms with E-state index in [1.54, 1.807) is 33.5 Å². The van der Waals surface area contributed by atoms with Crippen molar-refractivity contribution in [1.29, 1.82) is 0 Å². The van der Waals surface area contributed by atoms with Crippen molar-refractivity contribution in [2.45, 2.75) is 25.7 Å². The molecule has 186 valence electrons. The SMILES string of the molecule is COc1cccc(CCc2cccc(Oc3cc(CCc4cc(O)cc(OC)c4)cc(OC)c3)c2)c1. The minimum Gasteiger partial charge on any atom is -0.508 e. The lowest BCUT2D eigenvalue weighted by Gasteiger charge is -2.12. The first-order chi connectivity index (χ1) is 17.5. The molecule has 5 nitrogen and oxygen atoms in total. The molecule has 1 N–H and O–H groups in total. The van der Waals surface area contributed by atoms with Crippen molar-refractivity contribution in [1.82, 2.24) is 0 Å². The van der Waals surface area contributed by atoms with Gasteiger partial charge in [-0.2, -0.15) is 0 Å². The van der Waals surface area contributed by atoms with Gasteiger partial charge in [-0.1, -0.05) is 24.3 Å². The second-order valence-electron chi connectivity index (χ2n) is 8.66. The molecule has 36 heavy (non-hydrogen) atoms. The van der Waals surface area contributed by atoms with E-state index in [0.29, 0.717) is 5.75 Å². The number of aryl methyl sites for hydroxylation is 4. The summed E-state index contributed by atoms with van der Waals surface area (Å²) in [6.45, 7) is 0. The van der Waals surface area contributed by atoms with Gasteiger partial charge in [0.15, 0.2) is 0 Å². The molecule has 0 unspecified atom stereocenters. The summed E-state index contributed by atoms with van der Waals surface area (Å²) in [7, 11) is 4.94. The number of phenolic OH excluding ortho intramolecular Hbond substituents is 1. The highest BCUT2D eigenvalue weighted by atomic mass is 16.5. The third-order valence-corrected chi connectivity index (χ3v) is 6.04. The Kier molecular flexibility index (Phi) is 8.35. The molecule has 0 bridgehead atoms. The smallest absolute Gasteiger partial charge is 0.131 e. The summed E-state index contributed by atoms with van der Waals surface area (Å²) in [5.74, 6) is 3.97. The van der Waals surface area contributed by atoms with Crippen LogP contribution in [0.25, 0.3) is 0 Å². The van der Waals surface area contributed by atoms with Crippen molar-refractivity contribution in [2.75, 3.05) is 21.3 Å². The molecule has 4 aromatic carbocycles. The lowest BCUT2D eigenvalue weighted by molar-refractivity contribution is 0.406. The summed E-state index contributed by atoms with van der Waals surface area (Å²) >= 11 is 0. The standard InChI is InChI=1S/C31H32O5/c1-33-27-8-4-6-22(15-27)10-11-23-7-5-9-28(16-23)36-31-19-25(18-30(21-31)35-3)13-12-24-14-26(32)20-29(17-24)34-2/h4-9,14-21,32H,10-13H2,1-3H3. The fourth-order valence-electron chi connectivity index (χ4n) is 4.16. The van der Waals surface area contributed by atoms with Crippen LogP contribution in [0, 0.1) is 0 Å². The zero-order valence-electron chi connectivity index (χ0n) is 21.0. The quantitative estimate of drug-likeness (QED) is 0.254. The van der Waals surface area contributed by atoms with Crippen molar-refractivity contribution in [2.24, 2.45) is 0 Å². The molecule has 4 rings (SSSR count). The highest BCUT2D eigenvalue weighted by molar-refractivity contribution is 5.43. The van der Waals surface area contributed by atoms with Crippen LogP contribution in [0.1, 0.15) is 22.3 Å². The summed E-state index contributed by atoms with van der Waals surface area (Å²) in [6, 6.07) is 27.6. The molecule has 5 heteroatoms. The predicted octanol–water partition coefficient (Wildman–Crippen LogP) is 6.78. The minimum atomic E-state index is 0.199. The summed E-state index contributed by atoms with van der Waals surface area (Å²) in [5, 5.41) is 9.94. The minimum absolute atomic E-state index is 0.199. The topological polar surface area (TPSA) is 57.2 Å². The molecule has 0 atom stereocenters. The van der Waals surface area contributed by atoms with E-state index >= 15 is 0 Å². The van der Waals surface area contributed by atoms with Crippen molar-refractivity contribution < 1.29 is 24.1 Å². The fraction of sp³-hybridized carbons (Fsp3) is 0.226. The largest absolute Gasteiger partial charge is 0.508 e. The summed E-state index contributed by atoms with van der Waals surface area (Å²) < 4.78 is 22.4. The van der Waals surface area contributed by atoms with Gasteiger partial charge in [-0.25, -0.2) is 0 Å². The number of methoxy groups -OCH3 is 3. The maximum Gasteiger partial charge on any atom is 0.131 e. The Bertz CT molecular complexity index is 1300. The van der Waals surface area contributed by atoms with E-state index in [1.165, 1.54) is 11.1 Å². The van der Waals surface area contributed by atoms with Crippen molar-refractivity contribution in [3.05, 3.63) is 107 Å². The Balaban J connectivity index is 1.44. The average molecular weight is 485 g/mol. The Labute approximate surface area is 212 Å². The van der Waals surface area contributed by atoms with E-state index < -0.39 is 0 Å². The molecule has 0 spiro atoms. The molecular weight excluding hydrogens is 452 g/mol. The van der Waals surface area contributed by atoms with Crippen LogP contribution in [-0.2, 0) is 25.7 Å². The van der Waals surface area contributed by atoms with E-state index in [2.05, 4.69) is 24.3 Å². The molecule has 0 amide bonds. The highest BCUT2D eigenvalue weighted by Gasteiger charge is 2.08. The van der Waals surface area contributed by atoms with E-state index in [1.807, 2.05) is 48.5 Å². The number of phenols is 1. The predicted molar refractivity (Wildman–Crippen MR) is 142 cm³/mol. The number of aromatic hydroxyl groups is 1. The van der Waals surface area contributed by atoms with Gasteiger partial charge in [0.2, 0.25) is 0 Å². The van der Waals surface area contributed by atoms with Crippen molar-refractivity contribution in [3.63, 3.8) is 0 Å². The normalized spacial score (nSPS) is 10.6. The molecule has 0 saturated carbocycles. The molecule has 0 heterocycles. The maximum atomic E-state index is 9.94. The Morgan fingerprint density at radius 1 is 0.472 bits per heavy atom. The fourth-order valence-corrected chi connectivity index (χ4v) is 4.16. The van der Waals surface area contributed by atoms with Crippen LogP contribution in [-0.4, -0.2) is 26.4 Å². The molecule has 0 radical (unpaired) electrons.